The van der Waals surface area contributed by atoms with Crippen LogP contribution in [0.3, 0.4) is 0 Å². The van der Waals surface area contributed by atoms with Gasteiger partial charge < -0.3 is 4.57 Å². The van der Waals surface area contributed by atoms with Crippen LogP contribution in [0.1, 0.15) is 19.7 Å². The average molecular weight is 396 g/mol. The smallest absolute Gasteiger partial charge is 0.209 e. The maximum Gasteiger partial charge on any atom is 0.209 e. The fraction of sp³-hybridized carbons (Fsp3) is 0.500. The molecule has 2 heterocycles. The summed E-state index contributed by atoms with van der Waals surface area (Å²) in [5.41, 5.74) is 0.712. The number of imidazole rings is 1. The number of alkyl halides is 1. The lowest BCUT2D eigenvalue weighted by atomic mass is 10.1. The molecule has 0 bridgehead atoms. The van der Waals surface area contributed by atoms with Crippen molar-refractivity contribution in [2.75, 3.05) is 6.26 Å². The summed E-state index contributed by atoms with van der Waals surface area (Å²) in [7, 11) is -3.31. The number of aromatic nitrogens is 3. The van der Waals surface area contributed by atoms with E-state index in [9.17, 15) is 8.42 Å². The molecule has 6 nitrogen and oxygen atoms in total. The summed E-state index contributed by atoms with van der Waals surface area (Å²) >= 11 is 9.30. The zero-order chi connectivity index (χ0) is 15.8. The molecular weight excluding hydrogens is 380 g/mol. The highest BCUT2D eigenvalue weighted by Crippen LogP contribution is 2.21. The normalized spacial score (nSPS) is 13.0. The number of rotatable bonds is 5. The second kappa shape index (κ2) is 5.83. The van der Waals surface area contributed by atoms with E-state index in [0.29, 0.717) is 18.0 Å². The van der Waals surface area contributed by atoms with Gasteiger partial charge in [0.05, 0.1) is 12.1 Å². The van der Waals surface area contributed by atoms with Gasteiger partial charge in [0, 0.05) is 22.8 Å². The first-order chi connectivity index (χ1) is 9.61. The van der Waals surface area contributed by atoms with E-state index in [-0.39, 0.29) is 5.88 Å². The maximum atomic E-state index is 11.5. The molecule has 0 fully saturated rings. The molecule has 2 aromatic rings. The van der Waals surface area contributed by atoms with Crippen LogP contribution < -0.4 is 4.72 Å². The van der Waals surface area contributed by atoms with Crippen LogP contribution in [0, 0.1) is 0 Å². The minimum absolute atomic E-state index is 0.225. The van der Waals surface area contributed by atoms with Gasteiger partial charge in [-0.2, -0.15) is 0 Å². The van der Waals surface area contributed by atoms with Crippen LogP contribution in [-0.2, 0) is 22.4 Å². The predicted molar refractivity (Wildman–Crippen MR) is 86.8 cm³/mol. The Morgan fingerprint density at radius 2 is 2.14 bits per heavy atom. The largest absolute Gasteiger partial charge is 0.310 e. The van der Waals surface area contributed by atoms with Crippen molar-refractivity contribution in [1.29, 1.82) is 0 Å². The minimum atomic E-state index is -3.31. The van der Waals surface area contributed by atoms with Gasteiger partial charge in [-0.1, -0.05) is 0 Å². The number of nitrogens with one attached hydrogen (secondary N) is 1. The van der Waals surface area contributed by atoms with E-state index in [1.165, 1.54) is 0 Å². The van der Waals surface area contributed by atoms with Crippen LogP contribution in [0.5, 0.6) is 0 Å². The predicted octanol–water partition coefficient (Wildman–Crippen LogP) is 2.26. The molecule has 0 amide bonds. The van der Waals surface area contributed by atoms with Gasteiger partial charge in [0.15, 0.2) is 5.65 Å². The number of hydrogen-bond acceptors (Lipinski definition) is 4. The van der Waals surface area contributed by atoms with Crippen LogP contribution in [0.25, 0.3) is 11.2 Å². The van der Waals surface area contributed by atoms with E-state index in [2.05, 4.69) is 30.6 Å². The Morgan fingerprint density at radius 3 is 2.71 bits per heavy atom. The highest BCUT2D eigenvalue weighted by atomic mass is 79.9. The van der Waals surface area contributed by atoms with Crippen LogP contribution in [0.4, 0.5) is 0 Å². The average Bonchev–Trinajstić information content (AvgIpc) is 2.62. The summed E-state index contributed by atoms with van der Waals surface area (Å²) in [6.07, 6.45) is 2.81. The van der Waals surface area contributed by atoms with E-state index >= 15 is 0 Å². The van der Waals surface area contributed by atoms with E-state index in [1.54, 1.807) is 20.0 Å². The number of sulfonamides is 1. The summed E-state index contributed by atoms with van der Waals surface area (Å²) in [4.78, 5) is 8.78. The van der Waals surface area contributed by atoms with Crippen molar-refractivity contribution in [3.63, 3.8) is 0 Å². The Balaban J connectivity index is 2.46. The quantitative estimate of drug-likeness (QED) is 0.788. The zero-order valence-electron chi connectivity index (χ0n) is 11.9. The second-order valence-electron chi connectivity index (χ2n) is 5.50. The van der Waals surface area contributed by atoms with Crippen molar-refractivity contribution in [3.05, 3.63) is 22.6 Å². The molecule has 9 heteroatoms. The van der Waals surface area contributed by atoms with Gasteiger partial charge in [-0.05, 0) is 35.8 Å². The fourth-order valence-electron chi connectivity index (χ4n) is 2.23. The highest BCUT2D eigenvalue weighted by Gasteiger charge is 2.25. The van der Waals surface area contributed by atoms with Gasteiger partial charge in [-0.25, -0.2) is 23.1 Å². The summed E-state index contributed by atoms with van der Waals surface area (Å²) in [6.45, 7) is 3.99. The molecule has 21 heavy (non-hydrogen) atoms. The molecule has 2 aromatic heterocycles. The van der Waals surface area contributed by atoms with Crippen molar-refractivity contribution in [1.82, 2.24) is 19.3 Å². The van der Waals surface area contributed by atoms with Crippen LogP contribution in [0.2, 0.25) is 0 Å². The summed E-state index contributed by atoms with van der Waals surface area (Å²) in [6, 6.07) is 1.85. The van der Waals surface area contributed by atoms with E-state index in [1.807, 2.05) is 10.6 Å². The molecule has 0 atom stereocenters. The Labute approximate surface area is 137 Å². The first-order valence-electron chi connectivity index (χ1n) is 6.17. The first-order valence-corrected chi connectivity index (χ1v) is 9.39. The molecule has 0 saturated heterocycles. The Kier molecular flexibility index (Phi) is 4.63. The maximum absolute atomic E-state index is 11.5. The Bertz CT molecular complexity index is 773. The molecule has 2 rings (SSSR count). The molecule has 1 N–H and O–H groups in total. The second-order valence-corrected chi connectivity index (χ2v) is 8.43. The number of pyridine rings is 1. The molecule has 0 unspecified atom stereocenters. The summed E-state index contributed by atoms with van der Waals surface area (Å²) in [5, 5.41) is 0. The molecule has 0 aromatic carbocycles. The number of hydrogen-bond donors (Lipinski definition) is 1. The van der Waals surface area contributed by atoms with Crippen molar-refractivity contribution in [2.45, 2.75) is 31.8 Å². The Morgan fingerprint density at radius 1 is 1.48 bits per heavy atom. The van der Waals surface area contributed by atoms with Gasteiger partial charge in [-0.15, -0.1) is 11.6 Å². The third-order valence-corrected chi connectivity index (χ3v) is 4.36. The van der Waals surface area contributed by atoms with Gasteiger partial charge in [-0.3, -0.25) is 0 Å². The molecule has 0 spiro atoms. The number of nitrogens with zero attached hydrogens (tertiary/aromatic N) is 3. The lowest BCUT2D eigenvalue weighted by Crippen LogP contribution is -2.46. The molecule has 0 radical (unpaired) electrons. The van der Waals surface area contributed by atoms with Crippen molar-refractivity contribution in [3.8, 4) is 0 Å². The van der Waals surface area contributed by atoms with E-state index in [0.717, 1.165) is 16.2 Å². The molecular formula is C12H16BrClN4O2S. The highest BCUT2D eigenvalue weighted by molar-refractivity contribution is 9.10. The van der Waals surface area contributed by atoms with Gasteiger partial charge in [0.25, 0.3) is 0 Å². The van der Waals surface area contributed by atoms with Gasteiger partial charge in [0.2, 0.25) is 10.0 Å². The van der Waals surface area contributed by atoms with Crippen LogP contribution in [-0.4, -0.2) is 34.7 Å². The number of halogens is 2. The van der Waals surface area contributed by atoms with Gasteiger partial charge in [0.1, 0.15) is 11.3 Å². The topological polar surface area (TPSA) is 76.9 Å². The van der Waals surface area contributed by atoms with E-state index < -0.39 is 15.6 Å². The van der Waals surface area contributed by atoms with Crippen LogP contribution in [0.15, 0.2) is 16.7 Å². The zero-order valence-corrected chi connectivity index (χ0v) is 15.0. The monoisotopic (exact) mass is 394 g/mol. The third kappa shape index (κ3) is 4.15. The fourth-order valence-corrected chi connectivity index (χ4v) is 3.82. The standard InChI is InChI=1S/C12H16BrClN4O2S/c1-12(2,17-21(3,19)20)7-18-10(5-14)16-9-4-8(13)6-15-11(9)18/h4,6,17H,5,7H2,1-3H3. The van der Waals surface area contributed by atoms with Crippen molar-refractivity contribution in [2.24, 2.45) is 0 Å². The summed E-state index contributed by atoms with van der Waals surface area (Å²) < 4.78 is 28.2. The Hall–Kier alpha value is -0.700. The lowest BCUT2D eigenvalue weighted by molar-refractivity contribution is 0.391. The molecule has 0 saturated carbocycles. The first kappa shape index (κ1) is 16.7. The van der Waals surface area contributed by atoms with Crippen LogP contribution >= 0.6 is 27.5 Å². The number of fused-ring (bicyclic) bond motifs is 1. The lowest BCUT2D eigenvalue weighted by Gasteiger charge is -2.26. The summed E-state index contributed by atoms with van der Waals surface area (Å²) in [5.74, 6) is 0.879. The van der Waals surface area contributed by atoms with Crippen molar-refractivity contribution < 1.29 is 8.42 Å². The molecule has 0 aliphatic carbocycles. The SMILES string of the molecule is CC(C)(Cn1c(CCl)nc2cc(Br)cnc21)NS(C)(=O)=O. The third-order valence-electron chi connectivity index (χ3n) is 2.77. The molecule has 0 aliphatic heterocycles. The molecule has 116 valence electrons. The van der Waals surface area contributed by atoms with Gasteiger partial charge >= 0.3 is 0 Å². The van der Waals surface area contributed by atoms with Crippen molar-refractivity contribution >= 4 is 48.7 Å². The van der Waals surface area contributed by atoms with E-state index in [4.69, 9.17) is 11.6 Å². The minimum Gasteiger partial charge on any atom is -0.310 e. The molecule has 0 aliphatic rings.